The van der Waals surface area contributed by atoms with Crippen molar-refractivity contribution >= 4 is 5.97 Å². The van der Waals surface area contributed by atoms with Crippen molar-refractivity contribution in [3.05, 3.63) is 24.8 Å². The topological polar surface area (TPSA) is 46.5 Å². The van der Waals surface area contributed by atoms with Gasteiger partial charge in [0.25, 0.3) is 0 Å². The fraction of sp³-hybridized carbons (Fsp3) is 0.643. The van der Waals surface area contributed by atoms with Gasteiger partial charge >= 0.3 is 5.97 Å². The number of carbonyl (C=O) groups is 1. The highest BCUT2D eigenvalue weighted by molar-refractivity contribution is 5.69. The molecule has 4 atom stereocenters. The minimum atomic E-state index is -0.426. The summed E-state index contributed by atoms with van der Waals surface area (Å²) in [6, 6.07) is 0. The molecule has 0 unspecified atom stereocenters. The monoisotopic (exact) mass is 236 g/mol. The first kappa shape index (κ1) is 12.4. The Balaban J connectivity index is 2.14. The molecule has 0 aromatic rings. The Morgan fingerprint density at radius 3 is 3.06 bits per heavy atom. The van der Waals surface area contributed by atoms with Gasteiger partial charge in [0.2, 0.25) is 0 Å². The van der Waals surface area contributed by atoms with Crippen LogP contribution in [0.25, 0.3) is 0 Å². The van der Waals surface area contributed by atoms with Crippen molar-refractivity contribution in [3.63, 3.8) is 0 Å². The Bertz CT molecular complexity index is 321. The fourth-order valence-corrected chi connectivity index (χ4v) is 2.84. The molecule has 3 heteroatoms. The average molecular weight is 236 g/mol. The van der Waals surface area contributed by atoms with E-state index >= 15 is 0 Å². The molecule has 1 fully saturated rings. The molecule has 0 aromatic heterocycles. The fourth-order valence-electron chi connectivity index (χ4n) is 2.84. The molecule has 1 heterocycles. The van der Waals surface area contributed by atoms with Crippen LogP contribution in [0.4, 0.5) is 0 Å². The third-order valence-electron chi connectivity index (χ3n) is 3.77. The number of hydrogen-bond donors (Lipinski definition) is 1. The van der Waals surface area contributed by atoms with E-state index in [1.54, 1.807) is 6.08 Å². The molecule has 2 rings (SSSR count). The van der Waals surface area contributed by atoms with Crippen molar-refractivity contribution in [1.29, 1.82) is 0 Å². The first-order chi connectivity index (χ1) is 8.22. The predicted molar refractivity (Wildman–Crippen MR) is 65.3 cm³/mol. The summed E-state index contributed by atoms with van der Waals surface area (Å²) in [7, 11) is 0. The quantitative estimate of drug-likeness (QED) is 0.561. The van der Waals surface area contributed by atoms with Crippen LogP contribution in [-0.4, -0.2) is 23.3 Å². The lowest BCUT2D eigenvalue weighted by molar-refractivity contribution is -0.151. The molecule has 0 saturated heterocycles. The van der Waals surface area contributed by atoms with Crippen LogP contribution in [0.1, 0.15) is 32.1 Å². The molecule has 0 radical (unpaired) electrons. The summed E-state index contributed by atoms with van der Waals surface area (Å²) in [5.74, 6) is 0.0879. The Kier molecular flexibility index (Phi) is 4.00. The highest BCUT2D eigenvalue weighted by Gasteiger charge is 2.42. The molecule has 1 N–H and O–H groups in total. The maximum Gasteiger partial charge on any atom is 0.306 e. The summed E-state index contributed by atoms with van der Waals surface area (Å²) in [6.45, 7) is 3.77. The van der Waals surface area contributed by atoms with E-state index in [1.807, 2.05) is 0 Å². The molecule has 1 aliphatic carbocycles. The van der Waals surface area contributed by atoms with E-state index in [0.29, 0.717) is 12.8 Å². The Hall–Kier alpha value is -1.09. The minimum Gasteiger partial charge on any atom is -0.462 e. The molecule has 0 bridgehead atoms. The van der Waals surface area contributed by atoms with Crippen LogP contribution >= 0.6 is 0 Å². The van der Waals surface area contributed by atoms with Gasteiger partial charge in [0, 0.05) is 24.7 Å². The molecule has 94 valence electrons. The smallest absolute Gasteiger partial charge is 0.306 e. The van der Waals surface area contributed by atoms with E-state index in [-0.39, 0.29) is 23.9 Å². The third kappa shape index (κ3) is 2.78. The molecule has 3 nitrogen and oxygen atoms in total. The van der Waals surface area contributed by atoms with Gasteiger partial charge in [0.05, 0.1) is 6.10 Å². The zero-order valence-corrected chi connectivity index (χ0v) is 10.0. The molecule has 0 spiro atoms. The maximum atomic E-state index is 11.6. The summed E-state index contributed by atoms with van der Waals surface area (Å²) >= 11 is 0. The zero-order valence-electron chi connectivity index (χ0n) is 10.0. The molecule has 0 amide bonds. The highest BCUT2D eigenvalue weighted by Crippen LogP contribution is 2.38. The SMILES string of the molecule is C=C[C@@H]1[C@H]2C/C=C\CCCC(=O)O[C@H]2C[C@H]1O. The minimum absolute atomic E-state index is 0.0388. The van der Waals surface area contributed by atoms with E-state index in [4.69, 9.17) is 4.74 Å². The second kappa shape index (κ2) is 5.50. The van der Waals surface area contributed by atoms with Gasteiger partial charge in [0.1, 0.15) is 6.10 Å². The summed E-state index contributed by atoms with van der Waals surface area (Å²) in [4.78, 5) is 11.6. The first-order valence-corrected chi connectivity index (χ1v) is 6.37. The normalized spacial score (nSPS) is 40.2. The van der Waals surface area contributed by atoms with Gasteiger partial charge < -0.3 is 9.84 Å². The van der Waals surface area contributed by atoms with Crippen molar-refractivity contribution in [2.75, 3.05) is 0 Å². The largest absolute Gasteiger partial charge is 0.462 e. The maximum absolute atomic E-state index is 11.6. The van der Waals surface area contributed by atoms with Gasteiger partial charge in [-0.15, -0.1) is 6.58 Å². The van der Waals surface area contributed by atoms with E-state index in [9.17, 15) is 9.90 Å². The zero-order chi connectivity index (χ0) is 12.3. The Labute approximate surface area is 102 Å². The molecular weight excluding hydrogens is 216 g/mol. The molecular formula is C14H20O3. The lowest BCUT2D eigenvalue weighted by Crippen LogP contribution is -2.25. The number of allylic oxidation sites excluding steroid dienone is 2. The lowest BCUT2D eigenvalue weighted by atomic mass is 9.90. The van der Waals surface area contributed by atoms with Crippen molar-refractivity contribution < 1.29 is 14.6 Å². The van der Waals surface area contributed by atoms with Crippen LogP contribution in [0.3, 0.4) is 0 Å². The van der Waals surface area contributed by atoms with E-state index in [2.05, 4.69) is 18.7 Å². The van der Waals surface area contributed by atoms with Crippen molar-refractivity contribution in [2.45, 2.75) is 44.3 Å². The van der Waals surface area contributed by atoms with Crippen molar-refractivity contribution in [2.24, 2.45) is 11.8 Å². The highest BCUT2D eigenvalue weighted by atomic mass is 16.5. The van der Waals surface area contributed by atoms with Gasteiger partial charge in [-0.3, -0.25) is 4.79 Å². The number of carbonyl (C=O) groups excluding carboxylic acids is 1. The van der Waals surface area contributed by atoms with Gasteiger partial charge in [-0.05, 0) is 19.3 Å². The summed E-state index contributed by atoms with van der Waals surface area (Å²) in [5, 5.41) is 9.94. The Morgan fingerprint density at radius 2 is 2.29 bits per heavy atom. The van der Waals surface area contributed by atoms with Crippen molar-refractivity contribution in [1.82, 2.24) is 0 Å². The molecule has 1 aliphatic heterocycles. The second-order valence-electron chi connectivity index (χ2n) is 4.91. The van der Waals surface area contributed by atoms with E-state index in [1.165, 1.54) is 0 Å². The predicted octanol–water partition coefficient (Wildman–Crippen LogP) is 2.21. The first-order valence-electron chi connectivity index (χ1n) is 6.37. The number of hydrogen-bond acceptors (Lipinski definition) is 3. The van der Waals surface area contributed by atoms with Gasteiger partial charge in [-0.2, -0.15) is 0 Å². The molecule has 17 heavy (non-hydrogen) atoms. The summed E-state index contributed by atoms with van der Waals surface area (Å²) < 4.78 is 5.47. The standard InChI is InChI=1S/C14H20O3/c1-2-10-11-7-5-3-4-6-8-14(16)17-13(11)9-12(10)15/h2-3,5,10-13,15H,1,4,6-9H2/b5-3-/t10-,11-,12-,13+/m1/s1. The van der Waals surface area contributed by atoms with Gasteiger partial charge in [0.15, 0.2) is 0 Å². The Morgan fingerprint density at radius 1 is 1.47 bits per heavy atom. The van der Waals surface area contributed by atoms with Gasteiger partial charge in [-0.1, -0.05) is 18.2 Å². The van der Waals surface area contributed by atoms with Crippen molar-refractivity contribution in [3.8, 4) is 0 Å². The van der Waals surface area contributed by atoms with Crippen LogP contribution in [0.5, 0.6) is 0 Å². The number of esters is 1. The van der Waals surface area contributed by atoms with Crippen LogP contribution < -0.4 is 0 Å². The molecule has 0 aromatic carbocycles. The second-order valence-corrected chi connectivity index (χ2v) is 4.91. The number of aliphatic hydroxyl groups excluding tert-OH is 1. The average Bonchev–Trinajstić information content (AvgIpc) is 2.59. The molecule has 2 aliphatic rings. The number of rotatable bonds is 1. The molecule has 1 saturated carbocycles. The number of aliphatic hydroxyl groups is 1. The van der Waals surface area contributed by atoms with Crippen LogP contribution in [0.15, 0.2) is 24.8 Å². The van der Waals surface area contributed by atoms with Crippen LogP contribution in [0.2, 0.25) is 0 Å². The summed E-state index contributed by atoms with van der Waals surface area (Å²) in [6.07, 6.45) is 9.13. The number of ether oxygens (including phenoxy) is 1. The van der Waals surface area contributed by atoms with Crippen LogP contribution in [-0.2, 0) is 9.53 Å². The lowest BCUT2D eigenvalue weighted by Gasteiger charge is -2.22. The third-order valence-corrected chi connectivity index (χ3v) is 3.77. The van der Waals surface area contributed by atoms with Crippen LogP contribution in [0, 0.1) is 11.8 Å². The van der Waals surface area contributed by atoms with Gasteiger partial charge in [-0.25, -0.2) is 0 Å². The number of fused-ring (bicyclic) bond motifs is 1. The summed E-state index contributed by atoms with van der Waals surface area (Å²) in [5.41, 5.74) is 0. The van der Waals surface area contributed by atoms with E-state index < -0.39 is 6.10 Å². The van der Waals surface area contributed by atoms with E-state index in [0.717, 1.165) is 19.3 Å².